The number of terminal acetylenes is 1. The standard InChI is InChI=1S/C8H12N2O/c1-4-8(11)7(5-10-3)6(2)9/h1,5,8-11H,2-3H3/b7-5+,9-6?. The number of hydrogen-bond acceptors (Lipinski definition) is 3. The minimum Gasteiger partial charge on any atom is -0.394 e. The van der Waals surface area contributed by atoms with Gasteiger partial charge in [-0.1, -0.05) is 5.92 Å². The van der Waals surface area contributed by atoms with Gasteiger partial charge in [0, 0.05) is 24.5 Å². The zero-order chi connectivity index (χ0) is 8.85. The summed E-state index contributed by atoms with van der Waals surface area (Å²) in [5.41, 5.74) is 0.694. The highest BCUT2D eigenvalue weighted by Gasteiger charge is 2.08. The van der Waals surface area contributed by atoms with E-state index in [1.165, 1.54) is 6.20 Å². The van der Waals surface area contributed by atoms with E-state index < -0.39 is 6.10 Å². The van der Waals surface area contributed by atoms with E-state index in [1.807, 2.05) is 0 Å². The maximum absolute atomic E-state index is 9.13. The van der Waals surface area contributed by atoms with Gasteiger partial charge in [-0.2, -0.15) is 0 Å². The van der Waals surface area contributed by atoms with Gasteiger partial charge in [-0.3, -0.25) is 0 Å². The van der Waals surface area contributed by atoms with Gasteiger partial charge in [-0.25, -0.2) is 0 Å². The molecule has 0 saturated heterocycles. The first kappa shape index (κ1) is 9.73. The molecule has 60 valence electrons. The molecule has 3 nitrogen and oxygen atoms in total. The van der Waals surface area contributed by atoms with Crippen LogP contribution in [-0.4, -0.2) is 24.0 Å². The van der Waals surface area contributed by atoms with Crippen molar-refractivity contribution < 1.29 is 5.11 Å². The third-order valence-electron chi connectivity index (χ3n) is 1.19. The molecule has 0 aliphatic carbocycles. The van der Waals surface area contributed by atoms with Crippen LogP contribution in [0.4, 0.5) is 0 Å². The topological polar surface area (TPSA) is 56.1 Å². The Bertz CT molecular complexity index is 213. The Labute approximate surface area is 66.6 Å². The first-order chi connectivity index (χ1) is 5.13. The monoisotopic (exact) mass is 152 g/mol. The van der Waals surface area contributed by atoms with Gasteiger partial charge in [0.1, 0.15) is 6.10 Å². The summed E-state index contributed by atoms with van der Waals surface area (Å²) >= 11 is 0. The maximum atomic E-state index is 9.13. The Morgan fingerprint density at radius 2 is 2.36 bits per heavy atom. The molecular weight excluding hydrogens is 140 g/mol. The van der Waals surface area contributed by atoms with Gasteiger partial charge in [0.25, 0.3) is 0 Å². The highest BCUT2D eigenvalue weighted by molar-refractivity contribution is 5.97. The Hall–Kier alpha value is -1.27. The number of hydrogen-bond donors (Lipinski definition) is 3. The van der Waals surface area contributed by atoms with E-state index in [1.54, 1.807) is 14.0 Å². The molecule has 0 fully saturated rings. The lowest BCUT2D eigenvalue weighted by atomic mass is 10.1. The average Bonchev–Trinajstić information content (AvgIpc) is 1.98. The molecule has 0 radical (unpaired) electrons. The number of aliphatic hydroxyl groups is 1. The van der Waals surface area contributed by atoms with Gasteiger partial charge in [-0.15, -0.1) is 6.42 Å². The first-order valence-electron chi connectivity index (χ1n) is 3.20. The van der Waals surface area contributed by atoms with Gasteiger partial charge in [0.15, 0.2) is 0 Å². The van der Waals surface area contributed by atoms with E-state index in [-0.39, 0.29) is 5.71 Å². The molecule has 3 N–H and O–H groups in total. The minimum absolute atomic E-state index is 0.268. The van der Waals surface area contributed by atoms with Crippen molar-refractivity contribution in [2.75, 3.05) is 7.05 Å². The largest absolute Gasteiger partial charge is 0.394 e. The fourth-order valence-electron chi connectivity index (χ4n) is 0.638. The smallest absolute Gasteiger partial charge is 0.143 e. The number of rotatable bonds is 3. The number of aliphatic hydroxyl groups excluding tert-OH is 1. The van der Waals surface area contributed by atoms with E-state index in [0.717, 1.165) is 0 Å². The summed E-state index contributed by atoms with van der Waals surface area (Å²) in [5, 5.41) is 19.1. The lowest BCUT2D eigenvalue weighted by Gasteiger charge is -2.06. The van der Waals surface area contributed by atoms with Crippen molar-refractivity contribution in [2.45, 2.75) is 13.0 Å². The second-order valence-electron chi connectivity index (χ2n) is 2.08. The molecule has 0 aromatic carbocycles. The first-order valence-corrected chi connectivity index (χ1v) is 3.20. The van der Waals surface area contributed by atoms with Crippen molar-refractivity contribution in [3.8, 4) is 12.3 Å². The van der Waals surface area contributed by atoms with Crippen molar-refractivity contribution in [2.24, 2.45) is 0 Å². The molecule has 0 spiro atoms. The van der Waals surface area contributed by atoms with Crippen LogP contribution >= 0.6 is 0 Å². The van der Waals surface area contributed by atoms with Crippen LogP contribution in [0.3, 0.4) is 0 Å². The molecule has 0 aromatic rings. The van der Waals surface area contributed by atoms with Crippen molar-refractivity contribution >= 4 is 5.71 Å². The lowest BCUT2D eigenvalue weighted by Crippen LogP contribution is -2.16. The molecule has 0 aliphatic rings. The Morgan fingerprint density at radius 3 is 2.64 bits per heavy atom. The van der Waals surface area contributed by atoms with Crippen LogP contribution in [0.15, 0.2) is 11.8 Å². The van der Waals surface area contributed by atoms with Crippen molar-refractivity contribution in [1.82, 2.24) is 5.32 Å². The molecule has 0 rings (SSSR count). The molecule has 1 unspecified atom stereocenters. The molecule has 0 amide bonds. The quantitative estimate of drug-likeness (QED) is 0.397. The second kappa shape index (κ2) is 4.53. The van der Waals surface area contributed by atoms with Crippen LogP contribution in [-0.2, 0) is 0 Å². The zero-order valence-corrected chi connectivity index (χ0v) is 6.68. The van der Waals surface area contributed by atoms with Gasteiger partial charge in [0.05, 0.1) is 0 Å². The molecular formula is C8H12N2O. The fraction of sp³-hybridized carbons (Fsp3) is 0.375. The number of nitrogens with one attached hydrogen (secondary N) is 2. The Morgan fingerprint density at radius 1 is 1.82 bits per heavy atom. The summed E-state index contributed by atoms with van der Waals surface area (Å²) in [7, 11) is 1.69. The Kier molecular flexibility index (Phi) is 4.01. The van der Waals surface area contributed by atoms with Crippen LogP contribution in [0.1, 0.15) is 6.92 Å². The van der Waals surface area contributed by atoms with Crippen LogP contribution in [0, 0.1) is 17.8 Å². The normalized spacial score (nSPS) is 13.5. The summed E-state index contributed by atoms with van der Waals surface area (Å²) in [6, 6.07) is 0. The summed E-state index contributed by atoms with van der Waals surface area (Å²) < 4.78 is 0. The van der Waals surface area contributed by atoms with E-state index in [2.05, 4.69) is 11.2 Å². The predicted molar refractivity (Wildman–Crippen MR) is 45.4 cm³/mol. The maximum Gasteiger partial charge on any atom is 0.143 e. The van der Waals surface area contributed by atoms with Gasteiger partial charge in [-0.05, 0) is 6.92 Å². The van der Waals surface area contributed by atoms with E-state index >= 15 is 0 Å². The third-order valence-corrected chi connectivity index (χ3v) is 1.19. The van der Waals surface area contributed by atoms with Crippen LogP contribution in [0.25, 0.3) is 0 Å². The van der Waals surface area contributed by atoms with Gasteiger partial charge < -0.3 is 15.8 Å². The summed E-state index contributed by atoms with van der Waals surface area (Å²) in [6.07, 6.45) is 5.51. The van der Waals surface area contributed by atoms with Gasteiger partial charge >= 0.3 is 0 Å². The van der Waals surface area contributed by atoms with E-state index in [0.29, 0.717) is 5.57 Å². The average molecular weight is 152 g/mol. The minimum atomic E-state index is -0.986. The Balaban J connectivity index is 4.50. The molecule has 0 aliphatic heterocycles. The molecule has 0 saturated carbocycles. The summed E-state index contributed by atoms with van der Waals surface area (Å²) in [4.78, 5) is 0. The summed E-state index contributed by atoms with van der Waals surface area (Å²) in [6.45, 7) is 1.57. The van der Waals surface area contributed by atoms with Crippen molar-refractivity contribution in [1.29, 1.82) is 5.41 Å². The predicted octanol–water partition coefficient (Wildman–Crippen LogP) is 0.123. The third kappa shape index (κ3) is 2.87. The fourth-order valence-corrected chi connectivity index (χ4v) is 0.638. The van der Waals surface area contributed by atoms with Gasteiger partial charge in [0.2, 0.25) is 0 Å². The molecule has 0 bridgehead atoms. The highest BCUT2D eigenvalue weighted by atomic mass is 16.3. The van der Waals surface area contributed by atoms with E-state index in [4.69, 9.17) is 16.9 Å². The molecule has 1 atom stereocenters. The van der Waals surface area contributed by atoms with Crippen LogP contribution in [0.2, 0.25) is 0 Å². The molecule has 0 heterocycles. The zero-order valence-electron chi connectivity index (χ0n) is 6.68. The van der Waals surface area contributed by atoms with Crippen LogP contribution < -0.4 is 5.32 Å². The molecule has 11 heavy (non-hydrogen) atoms. The van der Waals surface area contributed by atoms with E-state index in [9.17, 15) is 0 Å². The van der Waals surface area contributed by atoms with Crippen LogP contribution in [0.5, 0.6) is 0 Å². The lowest BCUT2D eigenvalue weighted by molar-refractivity contribution is 0.274. The van der Waals surface area contributed by atoms with Crippen molar-refractivity contribution in [3.05, 3.63) is 11.8 Å². The highest BCUT2D eigenvalue weighted by Crippen LogP contribution is 2.01. The SMILES string of the molecule is C#CC(O)/C(=C/NC)C(C)=N. The molecule has 0 aromatic heterocycles. The molecule has 3 heteroatoms. The summed E-state index contributed by atoms with van der Waals surface area (Å²) in [5.74, 6) is 2.14. The van der Waals surface area contributed by atoms with Crippen molar-refractivity contribution in [3.63, 3.8) is 0 Å². The second-order valence-corrected chi connectivity index (χ2v) is 2.08.